The summed E-state index contributed by atoms with van der Waals surface area (Å²) in [5.41, 5.74) is -0.156. The first-order valence-electron chi connectivity index (χ1n) is 19.0. The van der Waals surface area contributed by atoms with Gasteiger partial charge in [-0.25, -0.2) is 32.3 Å². The molecule has 0 saturated carbocycles. The molecule has 0 aliphatic carbocycles. The van der Waals surface area contributed by atoms with Crippen LogP contribution in [-0.4, -0.2) is 44.3 Å². The monoisotopic (exact) mass is 1420 g/mol. The van der Waals surface area contributed by atoms with Gasteiger partial charge in [0.2, 0.25) is 0 Å². The fraction of sp³-hybridized carbons (Fsp3) is 0.0417. The quantitative estimate of drug-likeness (QED) is 0.0603. The van der Waals surface area contributed by atoms with Crippen LogP contribution in [0.15, 0.2) is 115 Å². The maximum Gasteiger partial charge on any atom is 0.417 e. The lowest BCUT2D eigenvalue weighted by molar-refractivity contribution is -0.136. The minimum Gasteiger partial charge on any atom is -0.478 e. The largest absolute Gasteiger partial charge is 0.478 e. The highest BCUT2D eigenvalue weighted by Gasteiger charge is 2.33. The Labute approximate surface area is 431 Å². The molecule has 0 saturated heterocycles. The Hall–Kier alpha value is -6.06. The van der Waals surface area contributed by atoms with E-state index in [2.05, 4.69) is 5.92 Å². The third-order valence-corrected chi connectivity index (χ3v) is 15.3. The lowest BCUT2D eigenvalue weighted by Crippen LogP contribution is -2.07. The minimum atomic E-state index is -4.54. The fourth-order valence-electron chi connectivity index (χ4n) is 6.63. The lowest BCUT2D eigenvalue weighted by atomic mass is 10.0. The molecule has 0 unspecified atom stereocenters. The van der Waals surface area contributed by atoms with Crippen molar-refractivity contribution in [2.45, 2.75) is 12.6 Å². The molecule has 0 aromatic heterocycles. The van der Waals surface area contributed by atoms with E-state index < -0.39 is 138 Å². The Bertz CT molecular complexity index is 3520. The first kappa shape index (κ1) is 54.9. The number of hydrogen-bond acceptors (Lipinski definition) is 8. The minimum absolute atomic E-state index is 0.0131. The molecule has 0 aliphatic heterocycles. The molecule has 8 rings (SSSR count). The maximum absolute atomic E-state index is 13.4. The van der Waals surface area contributed by atoms with Gasteiger partial charge in [-0.3, -0.25) is 12.3 Å². The highest BCUT2D eigenvalue weighted by Crippen LogP contribution is 2.37. The van der Waals surface area contributed by atoms with E-state index in [1.165, 1.54) is 48.5 Å². The van der Waals surface area contributed by atoms with Crippen LogP contribution in [0.3, 0.4) is 0 Å². The molecule has 12 nitrogen and oxygen atoms in total. The van der Waals surface area contributed by atoms with Gasteiger partial charge in [0.05, 0.1) is 42.1 Å². The van der Waals surface area contributed by atoms with Gasteiger partial charge in [-0.2, -0.15) is 13.2 Å². The van der Waals surface area contributed by atoms with E-state index in [9.17, 15) is 57.8 Å². The SMILES string of the molecule is C#CCc1cccc2cc(C(=O)O)c(I=O)cc12.O=Ic1cc2c(C(F)(F)F)cccc2cc1C(=O)O.O=Ic1cc2c(F)c(F)ccc2cc1C(=O)O.O=Ic1cc2c(F)cccc2cc1C(=O)O. The zero-order valence-corrected chi connectivity index (χ0v) is 43.2. The molecule has 0 spiro atoms. The molecule has 0 fully saturated rings. The van der Waals surface area contributed by atoms with Crippen molar-refractivity contribution in [3.05, 3.63) is 180 Å². The summed E-state index contributed by atoms with van der Waals surface area (Å²) >= 11 is -6.79. The highest BCUT2D eigenvalue weighted by atomic mass is 127. The molecule has 0 heterocycles. The van der Waals surface area contributed by atoms with Gasteiger partial charge in [0.25, 0.3) is 0 Å². The Morgan fingerprint density at radius 2 is 0.843 bits per heavy atom. The summed E-state index contributed by atoms with van der Waals surface area (Å²) in [6.45, 7) is 0. The Kier molecular flexibility index (Phi) is 19.0. The second-order valence-corrected chi connectivity index (χ2v) is 20.4. The Morgan fingerprint density at radius 3 is 1.27 bits per heavy atom. The van der Waals surface area contributed by atoms with Gasteiger partial charge in [0.15, 0.2) is 96.4 Å². The van der Waals surface area contributed by atoms with E-state index in [4.69, 9.17) is 26.8 Å². The number of carbonyl (C=O) groups is 4. The summed E-state index contributed by atoms with van der Waals surface area (Å²) in [6.07, 6.45) is 1.23. The van der Waals surface area contributed by atoms with Crippen LogP contribution in [0.1, 0.15) is 52.6 Å². The summed E-state index contributed by atoms with van der Waals surface area (Å²) in [5.74, 6) is -4.67. The molecule has 0 bridgehead atoms. The van der Waals surface area contributed by atoms with Crippen LogP contribution in [0, 0.1) is 44.1 Å². The normalized spacial score (nSPS) is 10.8. The zero-order chi connectivity index (χ0) is 51.6. The number of halogens is 10. The number of alkyl halides is 3. The number of fused-ring (bicyclic) bond motifs is 4. The lowest BCUT2D eigenvalue weighted by Gasteiger charge is -2.11. The van der Waals surface area contributed by atoms with Crippen LogP contribution in [-0.2, 0) is 24.9 Å². The van der Waals surface area contributed by atoms with Crippen molar-refractivity contribution < 1.29 is 78.2 Å². The van der Waals surface area contributed by atoms with Crippen molar-refractivity contribution in [2.24, 2.45) is 0 Å². The van der Waals surface area contributed by atoms with E-state index in [0.717, 1.165) is 46.7 Å². The molecule has 8 aromatic carbocycles. The van der Waals surface area contributed by atoms with E-state index >= 15 is 0 Å². The van der Waals surface area contributed by atoms with E-state index in [0.29, 0.717) is 20.8 Å². The predicted octanol–water partition coefficient (Wildman–Crippen LogP) is 13.7. The van der Waals surface area contributed by atoms with Gasteiger partial charge in [0.1, 0.15) is 5.82 Å². The number of terminal acetylenes is 1. The standard InChI is InChI=1S/C14H9IO3.C12H6F3IO3.C11H5F2IO3.C11H6FIO3/c1-2-4-9-5-3-6-10-7-12(14(16)17)13(15-18)8-11(9)10;13-12(14,15)9-3-1-2-6-4-8(11(17)18)10(16-19)5-7(6)9;12-8-2-1-5-3-7(11(15)16)9(14-17)4-6(5)10(8)13;12-9-3-1-2-6-4-8(11(14)15)10(13-16)5-7(6)9/h1,3,5-8H,4H2,(H,16,17);1-5H,(H,17,18);1-4H,(H,15,16);1-5H,(H,14,15). The van der Waals surface area contributed by atoms with Crippen molar-refractivity contribution in [1.29, 1.82) is 0 Å². The summed E-state index contributed by atoms with van der Waals surface area (Å²) in [6, 6.07) is 26.2. The molecule has 0 aliphatic rings. The zero-order valence-electron chi connectivity index (χ0n) is 34.6. The first-order valence-corrected chi connectivity index (χ1v) is 26.8. The van der Waals surface area contributed by atoms with Gasteiger partial charge in [-0.1, -0.05) is 48.5 Å². The molecular formula is C48H26F6I4O12. The molecule has 0 radical (unpaired) electrons. The summed E-state index contributed by atoms with van der Waals surface area (Å²) < 4.78 is 123. The van der Waals surface area contributed by atoms with Crippen LogP contribution < -0.4 is 0 Å². The van der Waals surface area contributed by atoms with Crippen LogP contribution >= 0.6 is 84.8 Å². The number of aromatic carboxylic acids is 4. The van der Waals surface area contributed by atoms with Crippen LogP contribution in [0.25, 0.3) is 43.1 Å². The van der Waals surface area contributed by atoms with Crippen molar-refractivity contribution >= 4 is 152 Å². The molecule has 8 aromatic rings. The number of benzene rings is 8. The van der Waals surface area contributed by atoms with Crippen molar-refractivity contribution in [1.82, 2.24) is 0 Å². The fourth-order valence-corrected chi connectivity index (χ4v) is 10.9. The predicted molar refractivity (Wildman–Crippen MR) is 275 cm³/mol. The van der Waals surface area contributed by atoms with Gasteiger partial charge < -0.3 is 20.4 Å². The number of rotatable bonds is 9. The van der Waals surface area contributed by atoms with E-state index in [1.54, 1.807) is 18.2 Å². The van der Waals surface area contributed by atoms with E-state index in [1.807, 2.05) is 18.2 Å². The van der Waals surface area contributed by atoms with E-state index in [-0.39, 0.29) is 54.5 Å². The first-order chi connectivity index (χ1) is 33.2. The second kappa shape index (κ2) is 24.2. The van der Waals surface area contributed by atoms with Crippen molar-refractivity contribution in [3.63, 3.8) is 0 Å². The molecule has 70 heavy (non-hydrogen) atoms. The second-order valence-electron chi connectivity index (χ2n) is 13.9. The van der Waals surface area contributed by atoms with Crippen LogP contribution in [0.4, 0.5) is 26.3 Å². The Morgan fingerprint density at radius 1 is 0.471 bits per heavy atom. The maximum atomic E-state index is 13.4. The number of carboxylic acids is 4. The Balaban J connectivity index is 0.000000174. The average molecular weight is 1420 g/mol. The molecule has 0 atom stereocenters. The number of hydrogen-bond donors (Lipinski definition) is 4. The highest BCUT2D eigenvalue weighted by molar-refractivity contribution is 14.2. The molecule has 360 valence electrons. The van der Waals surface area contributed by atoms with Crippen LogP contribution in [0.2, 0.25) is 0 Å². The summed E-state index contributed by atoms with van der Waals surface area (Å²) in [5, 5.41) is 38.5. The van der Waals surface area contributed by atoms with Gasteiger partial charge in [-0.05, 0) is 105 Å². The van der Waals surface area contributed by atoms with Crippen LogP contribution in [0.5, 0.6) is 0 Å². The third-order valence-electron chi connectivity index (χ3n) is 9.79. The topological polar surface area (TPSA) is 217 Å². The smallest absolute Gasteiger partial charge is 0.417 e. The molecule has 0 amide bonds. The van der Waals surface area contributed by atoms with Crippen molar-refractivity contribution in [2.75, 3.05) is 0 Å². The summed E-state index contributed by atoms with van der Waals surface area (Å²) in [4.78, 5) is 43.8. The number of carboxylic acid groups (broad SMARTS) is 4. The molecular weight excluding hydrogens is 1390 g/mol. The third kappa shape index (κ3) is 12.8. The van der Waals surface area contributed by atoms with Crippen molar-refractivity contribution in [3.8, 4) is 12.3 Å². The van der Waals surface area contributed by atoms with Gasteiger partial charge >= 0.3 is 30.1 Å². The molecule has 22 heteroatoms. The van der Waals surface area contributed by atoms with Gasteiger partial charge in [-0.15, -0.1) is 12.3 Å². The molecule has 4 N–H and O–H groups in total. The van der Waals surface area contributed by atoms with Gasteiger partial charge in [0, 0.05) is 17.2 Å². The summed E-state index contributed by atoms with van der Waals surface area (Å²) in [7, 11) is 0. The average Bonchev–Trinajstić information content (AvgIpc) is 3.33.